The van der Waals surface area contributed by atoms with Gasteiger partial charge in [0.1, 0.15) is 5.15 Å². The third kappa shape index (κ3) is 2.01. The first kappa shape index (κ1) is 13.2. The van der Waals surface area contributed by atoms with Crippen LogP contribution in [0.4, 0.5) is 0 Å². The van der Waals surface area contributed by atoms with Gasteiger partial charge in [0.25, 0.3) is 0 Å². The van der Waals surface area contributed by atoms with Crippen LogP contribution >= 0.6 is 11.6 Å². The van der Waals surface area contributed by atoms with E-state index in [2.05, 4.69) is 28.0 Å². The van der Waals surface area contributed by atoms with Crippen LogP contribution in [0.15, 0.2) is 30.5 Å². The number of para-hydroxylation sites is 1. The van der Waals surface area contributed by atoms with Gasteiger partial charge in [-0.05, 0) is 18.6 Å². The van der Waals surface area contributed by atoms with E-state index in [1.165, 1.54) is 10.9 Å². The van der Waals surface area contributed by atoms with Crippen LogP contribution in [0.5, 0.6) is 0 Å². The van der Waals surface area contributed by atoms with Crippen LogP contribution in [0.3, 0.4) is 0 Å². The van der Waals surface area contributed by atoms with Gasteiger partial charge >= 0.3 is 0 Å². The zero-order valence-corrected chi connectivity index (χ0v) is 12.4. The zero-order chi connectivity index (χ0) is 14.3. The lowest BCUT2D eigenvalue weighted by molar-refractivity contribution is 0.757. The number of nitrogens with two attached hydrogens (primary N) is 1. The Kier molecular flexibility index (Phi) is 3.28. The van der Waals surface area contributed by atoms with Crippen molar-refractivity contribution in [2.75, 3.05) is 0 Å². The first-order chi connectivity index (χ1) is 9.61. The summed E-state index contributed by atoms with van der Waals surface area (Å²) in [4.78, 5) is 0. The van der Waals surface area contributed by atoms with Crippen LogP contribution in [0.2, 0.25) is 5.15 Å². The van der Waals surface area contributed by atoms with E-state index in [1.807, 2.05) is 26.1 Å². The SMILES string of the molecule is Cc1nn(C)c(Cl)c1Cn1cc(CN)c2ccccc21. The fraction of sp³-hybridized carbons (Fsp3) is 0.267. The molecule has 5 heteroatoms. The molecule has 3 aromatic rings. The summed E-state index contributed by atoms with van der Waals surface area (Å²) in [5, 5.41) is 6.25. The summed E-state index contributed by atoms with van der Waals surface area (Å²) in [6, 6.07) is 8.28. The Morgan fingerprint density at radius 1 is 1.30 bits per heavy atom. The Bertz CT molecular complexity index is 770. The van der Waals surface area contributed by atoms with Crippen molar-refractivity contribution in [3.8, 4) is 0 Å². The average Bonchev–Trinajstić information content (AvgIpc) is 2.92. The Morgan fingerprint density at radius 2 is 2.05 bits per heavy atom. The Balaban J connectivity index is 2.11. The highest BCUT2D eigenvalue weighted by molar-refractivity contribution is 6.30. The second-order valence-electron chi connectivity index (χ2n) is 4.98. The van der Waals surface area contributed by atoms with Gasteiger partial charge in [0.15, 0.2) is 0 Å². The molecule has 2 aromatic heterocycles. The van der Waals surface area contributed by atoms with Crippen molar-refractivity contribution in [3.63, 3.8) is 0 Å². The van der Waals surface area contributed by atoms with E-state index >= 15 is 0 Å². The maximum atomic E-state index is 6.32. The van der Waals surface area contributed by atoms with Gasteiger partial charge in [0, 0.05) is 36.3 Å². The number of nitrogens with zero attached hydrogens (tertiary/aromatic N) is 3. The molecule has 0 saturated carbocycles. The van der Waals surface area contributed by atoms with Crippen LogP contribution in [0.25, 0.3) is 10.9 Å². The van der Waals surface area contributed by atoms with Gasteiger partial charge in [0.05, 0.1) is 12.2 Å². The smallest absolute Gasteiger partial charge is 0.131 e. The van der Waals surface area contributed by atoms with Crippen LogP contribution in [-0.4, -0.2) is 14.3 Å². The maximum absolute atomic E-state index is 6.32. The summed E-state index contributed by atoms with van der Waals surface area (Å²) in [6.45, 7) is 3.23. The molecular weight excluding hydrogens is 272 g/mol. The third-order valence-electron chi connectivity index (χ3n) is 3.69. The molecule has 4 nitrogen and oxygen atoms in total. The first-order valence-corrected chi connectivity index (χ1v) is 6.94. The van der Waals surface area contributed by atoms with Crippen molar-refractivity contribution >= 4 is 22.5 Å². The van der Waals surface area contributed by atoms with Crippen molar-refractivity contribution < 1.29 is 0 Å². The largest absolute Gasteiger partial charge is 0.343 e. The fourth-order valence-electron chi connectivity index (χ4n) is 2.64. The topological polar surface area (TPSA) is 48.8 Å². The van der Waals surface area contributed by atoms with E-state index < -0.39 is 0 Å². The molecule has 0 bridgehead atoms. The molecule has 0 unspecified atom stereocenters. The van der Waals surface area contributed by atoms with E-state index in [9.17, 15) is 0 Å². The van der Waals surface area contributed by atoms with E-state index in [1.54, 1.807) is 4.68 Å². The lowest BCUT2D eigenvalue weighted by Gasteiger charge is -2.05. The molecular formula is C15H17ClN4. The van der Waals surface area contributed by atoms with Crippen molar-refractivity contribution in [2.45, 2.75) is 20.0 Å². The predicted molar refractivity (Wildman–Crippen MR) is 81.9 cm³/mol. The Morgan fingerprint density at radius 3 is 2.70 bits per heavy atom. The minimum absolute atomic E-state index is 0.535. The summed E-state index contributed by atoms with van der Waals surface area (Å²) in [5.41, 5.74) is 10.2. The van der Waals surface area contributed by atoms with E-state index in [-0.39, 0.29) is 0 Å². The average molecular weight is 289 g/mol. The molecule has 0 aliphatic carbocycles. The lowest BCUT2D eigenvalue weighted by atomic mass is 10.2. The van der Waals surface area contributed by atoms with Crippen LogP contribution in [0, 0.1) is 6.92 Å². The van der Waals surface area contributed by atoms with Crippen molar-refractivity contribution in [1.82, 2.24) is 14.3 Å². The molecule has 1 aromatic carbocycles. The molecule has 104 valence electrons. The number of halogens is 1. The molecule has 0 saturated heterocycles. The Hall–Kier alpha value is -1.78. The zero-order valence-electron chi connectivity index (χ0n) is 11.6. The highest BCUT2D eigenvalue weighted by atomic mass is 35.5. The van der Waals surface area contributed by atoms with Gasteiger partial charge < -0.3 is 10.3 Å². The second-order valence-corrected chi connectivity index (χ2v) is 5.34. The quantitative estimate of drug-likeness (QED) is 0.806. The maximum Gasteiger partial charge on any atom is 0.131 e. The standard InChI is InChI=1S/C15H17ClN4/c1-10-13(15(16)19(2)18-10)9-20-8-11(7-17)12-5-3-4-6-14(12)20/h3-6,8H,7,9,17H2,1-2H3. The highest BCUT2D eigenvalue weighted by Gasteiger charge is 2.14. The van der Waals surface area contributed by atoms with Gasteiger partial charge in [-0.2, -0.15) is 5.10 Å². The molecule has 0 amide bonds. The molecule has 2 N–H and O–H groups in total. The lowest BCUT2D eigenvalue weighted by Crippen LogP contribution is -2.00. The van der Waals surface area contributed by atoms with Crippen molar-refractivity contribution in [1.29, 1.82) is 0 Å². The molecule has 2 heterocycles. The molecule has 0 atom stereocenters. The fourth-order valence-corrected chi connectivity index (χ4v) is 2.87. The number of hydrogen-bond acceptors (Lipinski definition) is 2. The van der Waals surface area contributed by atoms with Crippen LogP contribution in [-0.2, 0) is 20.1 Å². The van der Waals surface area contributed by atoms with Gasteiger partial charge in [-0.1, -0.05) is 29.8 Å². The summed E-state index contributed by atoms with van der Waals surface area (Å²) in [5.74, 6) is 0. The van der Waals surface area contributed by atoms with Gasteiger partial charge in [-0.25, -0.2) is 0 Å². The molecule has 3 rings (SSSR count). The number of rotatable bonds is 3. The molecule has 0 radical (unpaired) electrons. The predicted octanol–water partition coefficient (Wildman–Crippen LogP) is 2.84. The normalized spacial score (nSPS) is 11.4. The Labute approximate surface area is 122 Å². The first-order valence-electron chi connectivity index (χ1n) is 6.56. The summed E-state index contributed by atoms with van der Waals surface area (Å²) >= 11 is 6.32. The minimum Gasteiger partial charge on any atom is -0.343 e. The number of benzene rings is 1. The summed E-state index contributed by atoms with van der Waals surface area (Å²) in [6.07, 6.45) is 2.10. The molecule has 0 fully saturated rings. The minimum atomic E-state index is 0.535. The number of aromatic nitrogens is 3. The van der Waals surface area contributed by atoms with E-state index in [0.717, 1.165) is 16.8 Å². The molecule has 0 aliphatic heterocycles. The van der Waals surface area contributed by atoms with Gasteiger partial charge in [-0.15, -0.1) is 0 Å². The van der Waals surface area contributed by atoms with E-state index in [4.69, 9.17) is 17.3 Å². The third-order valence-corrected chi connectivity index (χ3v) is 4.16. The number of hydrogen-bond donors (Lipinski definition) is 1. The van der Waals surface area contributed by atoms with Crippen molar-refractivity contribution in [2.24, 2.45) is 12.8 Å². The summed E-state index contributed by atoms with van der Waals surface area (Å²) in [7, 11) is 1.86. The monoisotopic (exact) mass is 288 g/mol. The second kappa shape index (κ2) is 4.96. The number of fused-ring (bicyclic) bond motifs is 1. The molecule has 0 aliphatic rings. The molecule has 0 spiro atoms. The van der Waals surface area contributed by atoms with Crippen LogP contribution in [0.1, 0.15) is 16.8 Å². The van der Waals surface area contributed by atoms with Crippen LogP contribution < -0.4 is 5.73 Å². The van der Waals surface area contributed by atoms with E-state index in [0.29, 0.717) is 18.2 Å². The highest BCUT2D eigenvalue weighted by Crippen LogP contribution is 2.25. The summed E-state index contributed by atoms with van der Waals surface area (Å²) < 4.78 is 3.90. The molecule has 20 heavy (non-hydrogen) atoms. The number of aryl methyl sites for hydroxylation is 2. The van der Waals surface area contributed by atoms with Gasteiger partial charge in [-0.3, -0.25) is 4.68 Å². The van der Waals surface area contributed by atoms with Gasteiger partial charge in [0.2, 0.25) is 0 Å². The van der Waals surface area contributed by atoms with Crippen molar-refractivity contribution in [3.05, 3.63) is 52.4 Å².